The molecule has 0 bridgehead atoms. The summed E-state index contributed by atoms with van der Waals surface area (Å²) in [5.41, 5.74) is 1.85. The molecule has 1 aromatic carbocycles. The van der Waals surface area contributed by atoms with Crippen LogP contribution in [0.2, 0.25) is 5.22 Å². The van der Waals surface area contributed by atoms with Crippen LogP contribution >= 0.6 is 11.6 Å². The SMILES string of the molecule is C#CCCCNCc1c(Cl)oc2ccccc12. The summed E-state index contributed by atoms with van der Waals surface area (Å²) in [6, 6.07) is 7.86. The summed E-state index contributed by atoms with van der Waals surface area (Å²) >= 11 is 6.07. The normalized spacial score (nSPS) is 10.6. The Bertz CT molecular complexity index is 539. The molecule has 2 aromatic rings. The van der Waals surface area contributed by atoms with E-state index >= 15 is 0 Å². The molecule has 0 atom stereocenters. The van der Waals surface area contributed by atoms with E-state index in [4.69, 9.17) is 22.4 Å². The van der Waals surface area contributed by atoms with Gasteiger partial charge in [0.25, 0.3) is 0 Å². The van der Waals surface area contributed by atoms with Crippen LogP contribution in [0.5, 0.6) is 0 Å². The first-order valence-corrected chi connectivity index (χ1v) is 6.01. The second-order valence-electron chi connectivity index (χ2n) is 3.83. The average molecular weight is 248 g/mol. The first-order chi connectivity index (χ1) is 8.33. The van der Waals surface area contributed by atoms with E-state index in [1.807, 2.05) is 24.3 Å². The highest BCUT2D eigenvalue weighted by atomic mass is 35.5. The van der Waals surface area contributed by atoms with Crippen LogP contribution in [0.15, 0.2) is 28.7 Å². The summed E-state index contributed by atoms with van der Waals surface area (Å²) < 4.78 is 5.47. The maximum atomic E-state index is 6.07. The molecule has 0 aliphatic heterocycles. The van der Waals surface area contributed by atoms with E-state index in [0.29, 0.717) is 11.8 Å². The standard InChI is InChI=1S/C14H14ClNO/c1-2-3-6-9-16-10-12-11-7-4-5-8-13(11)17-14(12)15/h1,4-5,7-8,16H,3,6,9-10H2. The lowest BCUT2D eigenvalue weighted by Crippen LogP contribution is -2.14. The van der Waals surface area contributed by atoms with Crippen LogP contribution in [0.4, 0.5) is 0 Å². The Morgan fingerprint density at radius 2 is 2.18 bits per heavy atom. The summed E-state index contributed by atoms with van der Waals surface area (Å²) in [7, 11) is 0. The van der Waals surface area contributed by atoms with E-state index in [9.17, 15) is 0 Å². The smallest absolute Gasteiger partial charge is 0.199 e. The largest absolute Gasteiger partial charge is 0.444 e. The highest BCUT2D eigenvalue weighted by Crippen LogP contribution is 2.29. The predicted molar refractivity (Wildman–Crippen MR) is 71.0 cm³/mol. The number of fused-ring (bicyclic) bond motifs is 1. The second kappa shape index (κ2) is 5.77. The van der Waals surface area contributed by atoms with Crippen LogP contribution in [0, 0.1) is 12.3 Å². The average Bonchev–Trinajstić information content (AvgIpc) is 2.65. The third-order valence-electron chi connectivity index (χ3n) is 2.63. The van der Waals surface area contributed by atoms with Gasteiger partial charge in [-0.05, 0) is 30.6 Å². The zero-order valence-corrected chi connectivity index (χ0v) is 10.3. The minimum absolute atomic E-state index is 0.468. The molecule has 1 aromatic heterocycles. The van der Waals surface area contributed by atoms with Crippen molar-refractivity contribution in [2.24, 2.45) is 0 Å². The van der Waals surface area contributed by atoms with Crippen molar-refractivity contribution < 1.29 is 4.42 Å². The number of hydrogen-bond acceptors (Lipinski definition) is 2. The maximum absolute atomic E-state index is 6.07. The van der Waals surface area contributed by atoms with Crippen LogP contribution < -0.4 is 5.32 Å². The third kappa shape index (κ3) is 2.82. The van der Waals surface area contributed by atoms with Crippen molar-refractivity contribution in [1.29, 1.82) is 0 Å². The van der Waals surface area contributed by atoms with E-state index in [2.05, 4.69) is 11.2 Å². The minimum atomic E-state index is 0.468. The van der Waals surface area contributed by atoms with Crippen molar-refractivity contribution in [2.45, 2.75) is 19.4 Å². The molecule has 0 unspecified atom stereocenters. The van der Waals surface area contributed by atoms with Crippen LogP contribution in [0.1, 0.15) is 18.4 Å². The van der Waals surface area contributed by atoms with Gasteiger partial charge in [0.2, 0.25) is 0 Å². The van der Waals surface area contributed by atoms with Gasteiger partial charge in [0.1, 0.15) is 5.58 Å². The number of furan rings is 1. The Morgan fingerprint density at radius 1 is 1.35 bits per heavy atom. The molecule has 17 heavy (non-hydrogen) atoms. The van der Waals surface area contributed by atoms with Gasteiger partial charge in [0.15, 0.2) is 5.22 Å². The van der Waals surface area contributed by atoms with Crippen molar-refractivity contribution in [3.05, 3.63) is 35.0 Å². The highest BCUT2D eigenvalue weighted by molar-refractivity contribution is 6.30. The molecular formula is C14H14ClNO. The van der Waals surface area contributed by atoms with Gasteiger partial charge in [-0.1, -0.05) is 18.2 Å². The fourth-order valence-electron chi connectivity index (χ4n) is 1.76. The fourth-order valence-corrected chi connectivity index (χ4v) is 2.01. The number of unbranched alkanes of at least 4 members (excludes halogenated alkanes) is 1. The van der Waals surface area contributed by atoms with E-state index in [0.717, 1.165) is 35.9 Å². The second-order valence-corrected chi connectivity index (χ2v) is 4.18. The molecular weight excluding hydrogens is 234 g/mol. The molecule has 0 amide bonds. The summed E-state index contributed by atoms with van der Waals surface area (Å²) in [5, 5.41) is 4.86. The van der Waals surface area contributed by atoms with Crippen LogP contribution in [-0.4, -0.2) is 6.54 Å². The number of para-hydroxylation sites is 1. The molecule has 3 heteroatoms. The Balaban J connectivity index is 2.03. The molecule has 1 heterocycles. The van der Waals surface area contributed by atoms with Crippen molar-refractivity contribution >= 4 is 22.6 Å². The van der Waals surface area contributed by atoms with Crippen LogP contribution in [0.25, 0.3) is 11.0 Å². The molecule has 88 valence electrons. The Kier molecular flexibility index (Phi) is 4.08. The van der Waals surface area contributed by atoms with E-state index in [1.54, 1.807) is 0 Å². The molecule has 2 nitrogen and oxygen atoms in total. The van der Waals surface area contributed by atoms with Crippen molar-refractivity contribution in [1.82, 2.24) is 5.32 Å². The fraction of sp³-hybridized carbons (Fsp3) is 0.286. The molecule has 0 saturated carbocycles. The summed E-state index contributed by atoms with van der Waals surface area (Å²) in [6.07, 6.45) is 6.96. The van der Waals surface area contributed by atoms with Gasteiger partial charge in [-0.3, -0.25) is 0 Å². The zero-order valence-electron chi connectivity index (χ0n) is 9.50. The third-order valence-corrected chi connectivity index (χ3v) is 2.93. The first-order valence-electron chi connectivity index (χ1n) is 5.63. The summed E-state index contributed by atoms with van der Waals surface area (Å²) in [6.45, 7) is 1.60. The van der Waals surface area contributed by atoms with E-state index in [-0.39, 0.29) is 0 Å². The quantitative estimate of drug-likeness (QED) is 0.645. The molecule has 2 rings (SSSR count). The van der Waals surface area contributed by atoms with Gasteiger partial charge in [0, 0.05) is 23.9 Å². The van der Waals surface area contributed by atoms with Gasteiger partial charge in [-0.25, -0.2) is 0 Å². The van der Waals surface area contributed by atoms with Gasteiger partial charge in [0.05, 0.1) is 0 Å². The number of hydrogen-bond donors (Lipinski definition) is 1. The lowest BCUT2D eigenvalue weighted by molar-refractivity contribution is 0.601. The summed E-state index contributed by atoms with van der Waals surface area (Å²) in [5.74, 6) is 2.62. The van der Waals surface area contributed by atoms with Crippen molar-refractivity contribution in [3.63, 3.8) is 0 Å². The van der Waals surface area contributed by atoms with Crippen LogP contribution in [0.3, 0.4) is 0 Å². The highest BCUT2D eigenvalue weighted by Gasteiger charge is 2.10. The Morgan fingerprint density at radius 3 is 3.00 bits per heavy atom. The number of halogens is 1. The summed E-state index contributed by atoms with van der Waals surface area (Å²) in [4.78, 5) is 0. The number of rotatable bonds is 5. The van der Waals surface area contributed by atoms with Gasteiger partial charge >= 0.3 is 0 Å². The molecule has 0 radical (unpaired) electrons. The minimum Gasteiger partial charge on any atom is -0.444 e. The lowest BCUT2D eigenvalue weighted by Gasteiger charge is -2.02. The molecule has 0 aliphatic carbocycles. The molecule has 0 fully saturated rings. The van der Waals surface area contributed by atoms with Crippen molar-refractivity contribution in [3.8, 4) is 12.3 Å². The van der Waals surface area contributed by atoms with Gasteiger partial charge in [-0.2, -0.15) is 0 Å². The predicted octanol–water partition coefficient (Wildman–Crippen LogP) is 3.59. The Labute approximate surface area is 106 Å². The zero-order chi connectivity index (χ0) is 12.1. The topological polar surface area (TPSA) is 25.2 Å². The van der Waals surface area contributed by atoms with Gasteiger partial charge < -0.3 is 9.73 Å². The van der Waals surface area contributed by atoms with Crippen LogP contribution in [-0.2, 0) is 6.54 Å². The van der Waals surface area contributed by atoms with Crippen molar-refractivity contribution in [2.75, 3.05) is 6.54 Å². The molecule has 0 saturated heterocycles. The number of nitrogens with one attached hydrogen (secondary N) is 1. The maximum Gasteiger partial charge on any atom is 0.199 e. The lowest BCUT2D eigenvalue weighted by atomic mass is 10.2. The van der Waals surface area contributed by atoms with E-state index in [1.165, 1.54) is 0 Å². The molecule has 0 aliphatic rings. The first kappa shape index (κ1) is 12.0. The number of terminal acetylenes is 1. The van der Waals surface area contributed by atoms with Gasteiger partial charge in [-0.15, -0.1) is 12.3 Å². The Hall–Kier alpha value is -1.43. The number of benzene rings is 1. The molecule has 1 N–H and O–H groups in total. The van der Waals surface area contributed by atoms with E-state index < -0.39 is 0 Å². The molecule has 0 spiro atoms. The monoisotopic (exact) mass is 247 g/mol.